The van der Waals surface area contributed by atoms with Crippen LogP contribution in [0.5, 0.6) is 0 Å². The summed E-state index contributed by atoms with van der Waals surface area (Å²) < 4.78 is 0. The lowest BCUT2D eigenvalue weighted by atomic mass is 9.92. The Morgan fingerprint density at radius 3 is 2.38 bits per heavy atom. The van der Waals surface area contributed by atoms with Crippen LogP contribution in [0, 0.1) is 11.3 Å². The topological polar surface area (TPSA) is 49.6 Å². The summed E-state index contributed by atoms with van der Waals surface area (Å²) in [4.78, 5) is 16.4. The van der Waals surface area contributed by atoms with Gasteiger partial charge >= 0.3 is 0 Å². The van der Waals surface area contributed by atoms with Gasteiger partial charge in [0, 0.05) is 25.7 Å². The summed E-state index contributed by atoms with van der Waals surface area (Å²) in [6, 6.07) is 0.470. The zero-order valence-electron chi connectivity index (χ0n) is 11.2. The first-order valence-electron chi connectivity index (χ1n) is 5.95. The van der Waals surface area contributed by atoms with Crippen molar-refractivity contribution in [3.63, 3.8) is 0 Å². The molecule has 0 aromatic rings. The molecule has 0 aromatic heterocycles. The highest BCUT2D eigenvalue weighted by atomic mass is 16.2. The Labute approximate surface area is 98.8 Å². The van der Waals surface area contributed by atoms with E-state index >= 15 is 0 Å². The van der Waals surface area contributed by atoms with E-state index in [2.05, 4.69) is 25.9 Å². The van der Waals surface area contributed by atoms with Crippen molar-refractivity contribution in [2.24, 2.45) is 17.1 Å². The van der Waals surface area contributed by atoms with Crippen molar-refractivity contribution < 1.29 is 4.79 Å². The fourth-order valence-electron chi connectivity index (χ4n) is 2.30. The number of rotatable bonds is 3. The Morgan fingerprint density at radius 2 is 2.00 bits per heavy atom. The number of carbonyl (C=O) groups is 1. The van der Waals surface area contributed by atoms with Crippen molar-refractivity contribution in [1.29, 1.82) is 0 Å². The number of likely N-dealkylation sites (N-methyl/N-ethyl adjacent to an activating group) is 1. The van der Waals surface area contributed by atoms with Gasteiger partial charge in [0.25, 0.3) is 0 Å². The minimum absolute atomic E-state index is 0.186. The number of nitrogens with two attached hydrogens (primary N) is 1. The third kappa shape index (κ3) is 2.55. The molecule has 2 N–H and O–H groups in total. The summed E-state index contributed by atoms with van der Waals surface area (Å²) in [5, 5.41) is 0. The van der Waals surface area contributed by atoms with Gasteiger partial charge in [0.15, 0.2) is 0 Å². The summed E-state index contributed by atoms with van der Waals surface area (Å²) in [6.45, 7) is 8.13. The molecule has 1 aliphatic heterocycles. The van der Waals surface area contributed by atoms with Crippen molar-refractivity contribution in [3.05, 3.63) is 0 Å². The number of hydrogen-bond donors (Lipinski definition) is 1. The van der Waals surface area contributed by atoms with E-state index in [0.717, 1.165) is 13.1 Å². The minimum atomic E-state index is -0.430. The van der Waals surface area contributed by atoms with Gasteiger partial charge < -0.3 is 15.5 Å². The van der Waals surface area contributed by atoms with Gasteiger partial charge in [-0.1, -0.05) is 6.92 Å². The smallest absolute Gasteiger partial charge is 0.229 e. The van der Waals surface area contributed by atoms with Gasteiger partial charge in [-0.05, 0) is 33.9 Å². The molecule has 16 heavy (non-hydrogen) atoms. The van der Waals surface area contributed by atoms with Crippen LogP contribution < -0.4 is 5.73 Å². The zero-order valence-corrected chi connectivity index (χ0v) is 11.2. The molecule has 1 fully saturated rings. The second-order valence-corrected chi connectivity index (χ2v) is 5.81. The average Bonchev–Trinajstić information content (AvgIpc) is 2.59. The van der Waals surface area contributed by atoms with Crippen LogP contribution in [-0.4, -0.2) is 55.5 Å². The van der Waals surface area contributed by atoms with E-state index in [0.29, 0.717) is 18.5 Å². The molecule has 0 bridgehead atoms. The number of amides is 1. The Bertz CT molecular complexity index is 263. The predicted molar refractivity (Wildman–Crippen MR) is 66.1 cm³/mol. The quantitative estimate of drug-likeness (QED) is 0.758. The second kappa shape index (κ2) is 4.72. The van der Waals surface area contributed by atoms with Gasteiger partial charge in [-0.2, -0.15) is 0 Å². The monoisotopic (exact) mass is 227 g/mol. The molecular weight excluding hydrogens is 202 g/mol. The maximum atomic E-state index is 12.2. The minimum Gasteiger partial charge on any atom is -0.340 e. The third-order valence-corrected chi connectivity index (χ3v) is 3.61. The lowest BCUT2D eigenvalue weighted by Crippen LogP contribution is -2.44. The molecule has 4 nitrogen and oxygen atoms in total. The first-order chi connectivity index (χ1) is 7.29. The van der Waals surface area contributed by atoms with E-state index in [9.17, 15) is 4.79 Å². The van der Waals surface area contributed by atoms with Crippen molar-refractivity contribution in [2.75, 3.05) is 33.7 Å². The van der Waals surface area contributed by atoms with E-state index in [1.807, 2.05) is 18.7 Å². The molecule has 1 amide bonds. The molecule has 2 unspecified atom stereocenters. The SMILES string of the molecule is CC1CN(C(=O)C(C)(C)CN)CC1N(C)C. The maximum absolute atomic E-state index is 12.2. The zero-order chi connectivity index (χ0) is 12.5. The van der Waals surface area contributed by atoms with Crippen molar-refractivity contribution >= 4 is 5.91 Å². The highest BCUT2D eigenvalue weighted by molar-refractivity contribution is 5.82. The molecule has 1 rings (SSSR count). The van der Waals surface area contributed by atoms with Crippen molar-refractivity contribution in [2.45, 2.75) is 26.8 Å². The van der Waals surface area contributed by atoms with Crippen LogP contribution in [0.2, 0.25) is 0 Å². The average molecular weight is 227 g/mol. The first-order valence-corrected chi connectivity index (χ1v) is 5.95. The van der Waals surface area contributed by atoms with E-state index in [1.165, 1.54) is 0 Å². The van der Waals surface area contributed by atoms with E-state index in [-0.39, 0.29) is 5.91 Å². The Kier molecular flexibility index (Phi) is 3.97. The third-order valence-electron chi connectivity index (χ3n) is 3.61. The molecule has 0 aromatic carbocycles. The first kappa shape index (κ1) is 13.5. The van der Waals surface area contributed by atoms with Gasteiger partial charge in [0.05, 0.1) is 5.41 Å². The van der Waals surface area contributed by atoms with Gasteiger partial charge in [0.1, 0.15) is 0 Å². The van der Waals surface area contributed by atoms with Crippen LogP contribution in [0.25, 0.3) is 0 Å². The summed E-state index contributed by atoms with van der Waals surface area (Å²) in [5.74, 6) is 0.721. The maximum Gasteiger partial charge on any atom is 0.229 e. The Hall–Kier alpha value is -0.610. The standard InChI is InChI=1S/C12H25N3O/c1-9-6-15(7-10(9)14(4)5)11(16)12(2,3)8-13/h9-10H,6-8,13H2,1-5H3. The predicted octanol–water partition coefficient (Wildman–Crippen LogP) is 0.380. The molecule has 1 heterocycles. The fourth-order valence-corrected chi connectivity index (χ4v) is 2.30. The van der Waals surface area contributed by atoms with Gasteiger partial charge in [-0.15, -0.1) is 0 Å². The van der Waals surface area contributed by atoms with Crippen LogP contribution in [0.15, 0.2) is 0 Å². The summed E-state index contributed by atoms with van der Waals surface area (Å²) >= 11 is 0. The van der Waals surface area contributed by atoms with Crippen LogP contribution in [0.1, 0.15) is 20.8 Å². The van der Waals surface area contributed by atoms with Gasteiger partial charge in [-0.25, -0.2) is 0 Å². The van der Waals surface area contributed by atoms with E-state index in [4.69, 9.17) is 5.73 Å². The van der Waals surface area contributed by atoms with Crippen LogP contribution in [0.4, 0.5) is 0 Å². The second-order valence-electron chi connectivity index (χ2n) is 5.81. The molecule has 1 saturated heterocycles. The summed E-state index contributed by atoms with van der Waals surface area (Å²) in [7, 11) is 4.15. The lowest BCUT2D eigenvalue weighted by Gasteiger charge is -2.28. The fraction of sp³-hybridized carbons (Fsp3) is 0.917. The molecule has 0 aliphatic carbocycles. The molecule has 0 spiro atoms. The number of hydrogen-bond acceptors (Lipinski definition) is 3. The molecule has 0 radical (unpaired) electrons. The lowest BCUT2D eigenvalue weighted by molar-refractivity contribution is -0.139. The number of likely N-dealkylation sites (tertiary alicyclic amines) is 1. The van der Waals surface area contributed by atoms with Crippen LogP contribution >= 0.6 is 0 Å². The molecule has 2 atom stereocenters. The van der Waals surface area contributed by atoms with Gasteiger partial charge in [0.2, 0.25) is 5.91 Å². The van der Waals surface area contributed by atoms with Crippen LogP contribution in [-0.2, 0) is 4.79 Å². The van der Waals surface area contributed by atoms with E-state index < -0.39 is 5.41 Å². The van der Waals surface area contributed by atoms with Crippen LogP contribution in [0.3, 0.4) is 0 Å². The number of nitrogens with zero attached hydrogens (tertiary/aromatic N) is 2. The van der Waals surface area contributed by atoms with Crippen molar-refractivity contribution in [3.8, 4) is 0 Å². The number of carbonyl (C=O) groups excluding carboxylic acids is 1. The molecule has 94 valence electrons. The van der Waals surface area contributed by atoms with E-state index in [1.54, 1.807) is 0 Å². The molecule has 4 heteroatoms. The highest BCUT2D eigenvalue weighted by Crippen LogP contribution is 2.25. The Balaban J connectivity index is 2.69. The normalized spacial score (nSPS) is 26.6. The molecular formula is C12H25N3O. The summed E-state index contributed by atoms with van der Waals surface area (Å²) in [5.41, 5.74) is 5.22. The Morgan fingerprint density at radius 1 is 1.44 bits per heavy atom. The highest BCUT2D eigenvalue weighted by Gasteiger charge is 2.38. The van der Waals surface area contributed by atoms with Crippen molar-refractivity contribution in [1.82, 2.24) is 9.80 Å². The largest absolute Gasteiger partial charge is 0.340 e. The van der Waals surface area contributed by atoms with Gasteiger partial charge in [-0.3, -0.25) is 4.79 Å². The summed E-state index contributed by atoms with van der Waals surface area (Å²) in [6.07, 6.45) is 0. The molecule has 1 aliphatic rings. The molecule has 0 saturated carbocycles.